The van der Waals surface area contributed by atoms with Gasteiger partial charge in [0.05, 0.1) is 0 Å². The lowest BCUT2D eigenvalue weighted by molar-refractivity contribution is -0.128. The van der Waals surface area contributed by atoms with Gasteiger partial charge in [0.2, 0.25) is 5.91 Å². The van der Waals surface area contributed by atoms with Crippen LogP contribution in [0.2, 0.25) is 0 Å². The number of benzene rings is 1. The number of carbonyl (C=O) groups excluding carboxylic acids is 2. The van der Waals surface area contributed by atoms with E-state index in [1.54, 1.807) is 6.92 Å². The number of amides is 3. The average molecular weight is 408 g/mol. The number of hydrogen-bond acceptors (Lipinski definition) is 2. The molecule has 0 atom stereocenters. The zero-order chi connectivity index (χ0) is 17.9. The van der Waals surface area contributed by atoms with E-state index >= 15 is 0 Å². The highest BCUT2D eigenvalue weighted by molar-refractivity contribution is 9.10. The fraction of sp³-hybridized carbons (Fsp3) is 0.579. The highest BCUT2D eigenvalue weighted by Gasteiger charge is 2.39. The summed E-state index contributed by atoms with van der Waals surface area (Å²) < 4.78 is 1.08. The van der Waals surface area contributed by atoms with Crippen molar-refractivity contribution >= 4 is 27.9 Å². The average Bonchev–Trinajstić information content (AvgIpc) is 2.81. The molecule has 1 aliphatic carbocycles. The molecule has 1 heterocycles. The molecular formula is C19H26BrN3O2. The number of nitrogens with zero attached hydrogens (tertiary/aromatic N) is 2. The van der Waals surface area contributed by atoms with Crippen molar-refractivity contribution in [3.63, 3.8) is 0 Å². The predicted molar refractivity (Wildman–Crippen MR) is 102 cm³/mol. The van der Waals surface area contributed by atoms with Gasteiger partial charge in [0.25, 0.3) is 0 Å². The van der Waals surface area contributed by atoms with E-state index in [0.29, 0.717) is 26.2 Å². The molecule has 5 nitrogen and oxygen atoms in total. The van der Waals surface area contributed by atoms with Crippen LogP contribution in [0, 0.1) is 0 Å². The van der Waals surface area contributed by atoms with E-state index < -0.39 is 0 Å². The van der Waals surface area contributed by atoms with Crippen molar-refractivity contribution in [3.8, 4) is 0 Å². The Hall–Kier alpha value is -1.56. The highest BCUT2D eigenvalue weighted by atomic mass is 79.9. The maximum Gasteiger partial charge on any atom is 0.317 e. The van der Waals surface area contributed by atoms with Gasteiger partial charge in [0, 0.05) is 49.5 Å². The van der Waals surface area contributed by atoms with Gasteiger partial charge in [-0.25, -0.2) is 4.79 Å². The third-order valence-corrected chi connectivity index (χ3v) is 6.10. The lowest BCUT2D eigenvalue weighted by Gasteiger charge is -2.43. The Bertz CT molecular complexity index is 628. The van der Waals surface area contributed by atoms with Crippen LogP contribution in [0.1, 0.15) is 38.2 Å². The fourth-order valence-corrected chi connectivity index (χ4v) is 4.03. The van der Waals surface area contributed by atoms with E-state index in [1.165, 1.54) is 12.0 Å². The standard InChI is InChI=1S/C19H26BrN3O2/c1-15(24)22-10-3-11-23(13-12-22)18(25)21-14-19(8-2-9-19)16-4-6-17(20)7-5-16/h4-7H,2-3,8-14H2,1H3,(H,21,25). The van der Waals surface area contributed by atoms with Crippen molar-refractivity contribution in [2.45, 2.75) is 38.0 Å². The molecule has 1 aromatic carbocycles. The Labute approximate surface area is 157 Å². The molecule has 1 saturated carbocycles. The zero-order valence-electron chi connectivity index (χ0n) is 14.8. The van der Waals surface area contributed by atoms with Crippen molar-refractivity contribution in [2.75, 3.05) is 32.7 Å². The summed E-state index contributed by atoms with van der Waals surface area (Å²) in [5, 5.41) is 3.15. The quantitative estimate of drug-likeness (QED) is 0.836. The summed E-state index contributed by atoms with van der Waals surface area (Å²) >= 11 is 3.48. The minimum Gasteiger partial charge on any atom is -0.341 e. The first-order valence-electron chi connectivity index (χ1n) is 9.04. The van der Waals surface area contributed by atoms with Crippen molar-refractivity contribution in [1.82, 2.24) is 15.1 Å². The third-order valence-electron chi connectivity index (χ3n) is 5.57. The van der Waals surface area contributed by atoms with Gasteiger partial charge < -0.3 is 15.1 Å². The second-order valence-corrected chi connectivity index (χ2v) is 8.06. The number of carbonyl (C=O) groups is 2. The van der Waals surface area contributed by atoms with Crippen molar-refractivity contribution < 1.29 is 9.59 Å². The summed E-state index contributed by atoms with van der Waals surface area (Å²) in [5.74, 6) is 0.0888. The smallest absolute Gasteiger partial charge is 0.317 e. The van der Waals surface area contributed by atoms with Gasteiger partial charge in [-0.3, -0.25) is 4.79 Å². The number of rotatable bonds is 3. The molecule has 0 aromatic heterocycles. The van der Waals surface area contributed by atoms with Crippen LogP contribution in [-0.4, -0.2) is 54.5 Å². The molecule has 6 heteroatoms. The first-order chi connectivity index (χ1) is 12.0. The lowest BCUT2D eigenvalue weighted by atomic mass is 9.64. The first kappa shape index (κ1) is 18.2. The number of nitrogens with one attached hydrogen (secondary N) is 1. The van der Waals surface area contributed by atoms with Crippen LogP contribution < -0.4 is 5.32 Å². The second-order valence-electron chi connectivity index (χ2n) is 7.15. The molecular weight excluding hydrogens is 382 g/mol. The monoisotopic (exact) mass is 407 g/mol. The first-order valence-corrected chi connectivity index (χ1v) is 9.84. The largest absolute Gasteiger partial charge is 0.341 e. The molecule has 0 radical (unpaired) electrons. The van der Waals surface area contributed by atoms with Gasteiger partial charge in [-0.2, -0.15) is 0 Å². The molecule has 1 aromatic rings. The molecule has 1 aliphatic heterocycles. The summed E-state index contributed by atoms with van der Waals surface area (Å²) in [6.07, 6.45) is 4.29. The molecule has 2 fully saturated rings. The Morgan fingerprint density at radius 1 is 1.04 bits per heavy atom. The highest BCUT2D eigenvalue weighted by Crippen LogP contribution is 2.43. The van der Waals surface area contributed by atoms with Gasteiger partial charge in [0.15, 0.2) is 0 Å². The molecule has 2 aliphatic rings. The summed E-state index contributed by atoms with van der Waals surface area (Å²) in [5.41, 5.74) is 1.38. The summed E-state index contributed by atoms with van der Waals surface area (Å²) in [7, 11) is 0. The van der Waals surface area contributed by atoms with E-state index in [-0.39, 0.29) is 17.4 Å². The number of halogens is 1. The molecule has 3 amide bonds. The maximum atomic E-state index is 12.6. The van der Waals surface area contributed by atoms with Gasteiger partial charge in [-0.05, 0) is 37.0 Å². The predicted octanol–water partition coefficient (Wildman–Crippen LogP) is 3.13. The van der Waals surface area contributed by atoms with Gasteiger partial charge >= 0.3 is 6.03 Å². The number of urea groups is 1. The minimum atomic E-state index is -0.00575. The van der Waals surface area contributed by atoms with E-state index in [9.17, 15) is 9.59 Å². The van der Waals surface area contributed by atoms with E-state index in [0.717, 1.165) is 30.3 Å². The molecule has 0 unspecified atom stereocenters. The Morgan fingerprint density at radius 3 is 2.28 bits per heavy atom. The van der Waals surface area contributed by atoms with E-state index in [1.807, 2.05) is 9.80 Å². The summed E-state index contributed by atoms with van der Waals surface area (Å²) in [6, 6.07) is 8.46. The van der Waals surface area contributed by atoms with Crippen molar-refractivity contribution in [1.29, 1.82) is 0 Å². The van der Waals surface area contributed by atoms with Gasteiger partial charge in [0.1, 0.15) is 0 Å². The van der Waals surface area contributed by atoms with Crippen molar-refractivity contribution in [3.05, 3.63) is 34.3 Å². The molecule has 0 spiro atoms. The van der Waals surface area contributed by atoms with Crippen LogP contribution in [0.5, 0.6) is 0 Å². The number of hydrogen-bond donors (Lipinski definition) is 1. The molecule has 0 bridgehead atoms. The summed E-state index contributed by atoms with van der Waals surface area (Å²) in [6.45, 7) is 4.95. The minimum absolute atomic E-state index is 0.00575. The third kappa shape index (κ3) is 4.17. The normalized spacial score (nSPS) is 19.8. The summed E-state index contributed by atoms with van der Waals surface area (Å²) in [4.78, 5) is 27.8. The topological polar surface area (TPSA) is 52.7 Å². The van der Waals surface area contributed by atoms with E-state index in [4.69, 9.17) is 0 Å². The molecule has 1 N–H and O–H groups in total. The van der Waals surface area contributed by atoms with Gasteiger partial charge in [-0.1, -0.05) is 34.5 Å². The zero-order valence-corrected chi connectivity index (χ0v) is 16.3. The maximum absolute atomic E-state index is 12.6. The second kappa shape index (κ2) is 7.77. The van der Waals surface area contributed by atoms with E-state index in [2.05, 4.69) is 45.5 Å². The molecule has 1 saturated heterocycles. The fourth-order valence-electron chi connectivity index (χ4n) is 3.77. The van der Waals surface area contributed by atoms with Crippen LogP contribution in [0.3, 0.4) is 0 Å². The van der Waals surface area contributed by atoms with Crippen LogP contribution in [0.25, 0.3) is 0 Å². The van der Waals surface area contributed by atoms with Crippen LogP contribution in [0.4, 0.5) is 4.79 Å². The van der Waals surface area contributed by atoms with Crippen LogP contribution in [0.15, 0.2) is 28.7 Å². The van der Waals surface area contributed by atoms with Crippen molar-refractivity contribution in [2.24, 2.45) is 0 Å². The Kier molecular flexibility index (Phi) is 5.67. The molecule has 136 valence electrons. The lowest BCUT2D eigenvalue weighted by Crippen LogP contribution is -2.50. The Balaban J connectivity index is 1.57. The van der Waals surface area contributed by atoms with Crippen LogP contribution in [-0.2, 0) is 10.2 Å². The molecule has 25 heavy (non-hydrogen) atoms. The van der Waals surface area contributed by atoms with Crippen LogP contribution >= 0.6 is 15.9 Å². The van der Waals surface area contributed by atoms with Gasteiger partial charge in [-0.15, -0.1) is 0 Å². The molecule has 3 rings (SSSR count). The SMILES string of the molecule is CC(=O)N1CCCN(C(=O)NCC2(c3ccc(Br)cc3)CCC2)CC1. The Morgan fingerprint density at radius 2 is 1.68 bits per heavy atom.